The van der Waals surface area contributed by atoms with Crippen LogP contribution in [0.3, 0.4) is 0 Å². The Bertz CT molecular complexity index is 3580. The highest BCUT2D eigenvalue weighted by molar-refractivity contribution is 7.25. The fraction of sp³-hybridized carbons (Fsp3) is 0. The van der Waals surface area contributed by atoms with Crippen molar-refractivity contribution in [1.82, 2.24) is 0 Å². The molecule has 0 spiro atoms. The van der Waals surface area contributed by atoms with E-state index in [2.05, 4.69) is 217 Å². The highest BCUT2D eigenvalue weighted by atomic mass is 32.1. The van der Waals surface area contributed by atoms with Crippen LogP contribution in [0.5, 0.6) is 0 Å². The molecular weight excluding hydrogens is 759 g/mol. The maximum Gasteiger partial charge on any atom is 0.136 e. The van der Waals surface area contributed by atoms with Crippen molar-refractivity contribution < 1.29 is 4.42 Å². The minimum Gasteiger partial charge on any atom is -0.456 e. The summed E-state index contributed by atoms with van der Waals surface area (Å²) in [6, 6.07) is 81.3. The fourth-order valence-electron chi connectivity index (χ4n) is 8.97. The maximum absolute atomic E-state index is 6.27. The van der Waals surface area contributed by atoms with Crippen molar-refractivity contribution in [2.24, 2.45) is 0 Å². The lowest BCUT2D eigenvalue weighted by Crippen LogP contribution is -2.11. The van der Waals surface area contributed by atoms with Crippen LogP contribution >= 0.6 is 11.3 Å². The van der Waals surface area contributed by atoms with Gasteiger partial charge in [-0.25, -0.2) is 0 Å². The van der Waals surface area contributed by atoms with Crippen molar-refractivity contribution in [2.45, 2.75) is 0 Å². The van der Waals surface area contributed by atoms with Crippen molar-refractivity contribution in [1.29, 1.82) is 0 Å². The molecule has 0 radical (unpaired) electrons. The Hall–Kier alpha value is -7.72. The van der Waals surface area contributed by atoms with Crippen LogP contribution in [-0.4, -0.2) is 0 Å². The van der Waals surface area contributed by atoms with E-state index >= 15 is 0 Å². The lowest BCUT2D eigenvalue weighted by Gasteiger charge is -2.28. The first-order valence-corrected chi connectivity index (χ1v) is 21.5. The van der Waals surface area contributed by atoms with Crippen LogP contribution in [0.4, 0.5) is 17.1 Å². The van der Waals surface area contributed by atoms with Gasteiger partial charge < -0.3 is 9.32 Å². The molecule has 2 nitrogen and oxygen atoms in total. The van der Waals surface area contributed by atoms with Crippen LogP contribution < -0.4 is 4.90 Å². The standard InChI is InChI=1S/C58H37NOS/c1-2-10-43-35-44(22-21-38(43)9-1)41-19-17-39(18-20-41)40-23-29-47(30-24-40)59(48-31-25-42(26-32-48)45-27-33-51-50-12-4-7-15-55(50)60-56(51)36-45)54-14-6-3-11-49(54)46-28-34-53-52-13-5-8-16-57(52)61-58(53)37-46/h1-37H. The molecule has 0 unspecified atom stereocenters. The predicted octanol–water partition coefficient (Wildman–Crippen LogP) is 17.2. The van der Waals surface area contributed by atoms with E-state index in [9.17, 15) is 0 Å². The minimum atomic E-state index is 0.900. The quantitative estimate of drug-likeness (QED) is 0.160. The fourth-order valence-corrected chi connectivity index (χ4v) is 10.1. The zero-order chi connectivity index (χ0) is 40.3. The SMILES string of the molecule is c1ccc(N(c2ccc(-c3ccc(-c4ccc5ccccc5c4)cc3)cc2)c2ccc(-c3ccc4c(c3)oc3ccccc34)cc2)c(-c2ccc3c(c2)sc2ccccc23)c1. The van der Waals surface area contributed by atoms with E-state index < -0.39 is 0 Å². The van der Waals surface area contributed by atoms with Crippen LogP contribution in [-0.2, 0) is 0 Å². The van der Waals surface area contributed by atoms with Gasteiger partial charge in [0.1, 0.15) is 11.2 Å². The molecule has 12 aromatic rings. The third-order valence-corrected chi connectivity index (χ3v) is 13.2. The monoisotopic (exact) mass is 795 g/mol. The van der Waals surface area contributed by atoms with Gasteiger partial charge in [-0.05, 0) is 116 Å². The molecule has 0 fully saturated rings. The van der Waals surface area contributed by atoms with Crippen molar-refractivity contribution in [3.8, 4) is 44.5 Å². The summed E-state index contributed by atoms with van der Waals surface area (Å²) >= 11 is 1.86. The number of furan rings is 1. The normalized spacial score (nSPS) is 11.6. The molecule has 0 amide bonds. The van der Waals surface area contributed by atoms with Crippen molar-refractivity contribution in [2.75, 3.05) is 4.90 Å². The molecule has 3 heteroatoms. The second kappa shape index (κ2) is 14.5. The zero-order valence-electron chi connectivity index (χ0n) is 33.1. The van der Waals surface area contributed by atoms with E-state index in [0.29, 0.717) is 0 Å². The van der Waals surface area contributed by atoms with Gasteiger partial charge in [-0.2, -0.15) is 0 Å². The van der Waals surface area contributed by atoms with Crippen molar-refractivity contribution >= 4 is 81.3 Å². The van der Waals surface area contributed by atoms with E-state index in [0.717, 1.165) is 50.1 Å². The molecule has 0 aliphatic rings. The number of anilines is 3. The van der Waals surface area contributed by atoms with Gasteiger partial charge in [0.05, 0.1) is 5.69 Å². The van der Waals surface area contributed by atoms with Crippen LogP contribution in [0.15, 0.2) is 229 Å². The Kier molecular flexibility index (Phi) is 8.39. The number of thiophene rings is 1. The number of nitrogens with zero attached hydrogens (tertiary/aromatic N) is 1. The summed E-state index contributed by atoms with van der Waals surface area (Å²) in [6.07, 6.45) is 0. The Labute approximate surface area is 357 Å². The first-order valence-electron chi connectivity index (χ1n) is 20.7. The molecule has 0 N–H and O–H groups in total. The molecule has 0 aliphatic heterocycles. The zero-order valence-corrected chi connectivity index (χ0v) is 33.9. The van der Waals surface area contributed by atoms with Crippen molar-refractivity contribution in [3.05, 3.63) is 224 Å². The second-order valence-corrected chi connectivity index (χ2v) is 16.8. The van der Waals surface area contributed by atoms with Gasteiger partial charge in [0, 0.05) is 47.9 Å². The smallest absolute Gasteiger partial charge is 0.136 e. The Morgan fingerprint density at radius 2 is 0.820 bits per heavy atom. The average molecular weight is 796 g/mol. The number of para-hydroxylation sites is 2. The minimum absolute atomic E-state index is 0.900. The number of hydrogen-bond acceptors (Lipinski definition) is 3. The molecule has 2 aromatic heterocycles. The predicted molar refractivity (Wildman–Crippen MR) is 261 cm³/mol. The van der Waals surface area contributed by atoms with Gasteiger partial charge in [0.2, 0.25) is 0 Å². The molecular formula is C58H37NOS. The first kappa shape index (κ1) is 35.2. The topological polar surface area (TPSA) is 16.4 Å². The van der Waals surface area contributed by atoms with E-state index in [1.807, 2.05) is 23.5 Å². The van der Waals surface area contributed by atoms with Gasteiger partial charge >= 0.3 is 0 Å². The third kappa shape index (κ3) is 6.26. The van der Waals surface area contributed by atoms with Gasteiger partial charge in [-0.1, -0.05) is 158 Å². The van der Waals surface area contributed by atoms with E-state index in [4.69, 9.17) is 4.42 Å². The lowest BCUT2D eigenvalue weighted by atomic mass is 9.97. The van der Waals surface area contributed by atoms with Crippen LogP contribution in [0.2, 0.25) is 0 Å². The van der Waals surface area contributed by atoms with Crippen molar-refractivity contribution in [3.63, 3.8) is 0 Å². The van der Waals surface area contributed by atoms with Gasteiger partial charge in [0.15, 0.2) is 0 Å². The van der Waals surface area contributed by atoms with E-state index in [-0.39, 0.29) is 0 Å². The van der Waals surface area contributed by atoms with Crippen LogP contribution in [0.1, 0.15) is 0 Å². The molecule has 10 aromatic carbocycles. The van der Waals surface area contributed by atoms with Gasteiger partial charge in [-0.3, -0.25) is 0 Å². The summed E-state index contributed by atoms with van der Waals surface area (Å²) < 4.78 is 8.87. The molecule has 61 heavy (non-hydrogen) atoms. The molecule has 0 aliphatic carbocycles. The maximum atomic E-state index is 6.27. The Morgan fingerprint density at radius 1 is 0.311 bits per heavy atom. The molecule has 12 rings (SSSR count). The summed E-state index contributed by atoms with van der Waals surface area (Å²) in [7, 11) is 0. The van der Waals surface area contributed by atoms with E-state index in [1.165, 1.54) is 64.3 Å². The molecule has 0 atom stereocenters. The number of benzene rings is 10. The van der Waals surface area contributed by atoms with Crippen LogP contribution in [0.25, 0.3) is 97.4 Å². The first-order chi connectivity index (χ1) is 30.2. The largest absolute Gasteiger partial charge is 0.456 e. The summed E-state index contributed by atoms with van der Waals surface area (Å²) in [5.74, 6) is 0. The third-order valence-electron chi connectivity index (χ3n) is 12.1. The molecule has 0 saturated heterocycles. The lowest BCUT2D eigenvalue weighted by molar-refractivity contribution is 0.669. The number of hydrogen-bond donors (Lipinski definition) is 0. The molecule has 2 heterocycles. The highest BCUT2D eigenvalue weighted by Gasteiger charge is 2.19. The Balaban J connectivity index is 0.927. The van der Waals surface area contributed by atoms with Crippen LogP contribution in [0, 0.1) is 0 Å². The molecule has 286 valence electrons. The van der Waals surface area contributed by atoms with Gasteiger partial charge in [0.25, 0.3) is 0 Å². The number of fused-ring (bicyclic) bond motifs is 7. The van der Waals surface area contributed by atoms with Gasteiger partial charge in [-0.15, -0.1) is 11.3 Å². The number of rotatable bonds is 7. The molecule has 0 bridgehead atoms. The highest BCUT2D eigenvalue weighted by Crippen LogP contribution is 2.44. The summed E-state index contributed by atoms with van der Waals surface area (Å²) in [5, 5.41) is 7.41. The Morgan fingerprint density at radius 3 is 1.59 bits per heavy atom. The molecule has 0 saturated carbocycles. The van der Waals surface area contributed by atoms with E-state index in [1.54, 1.807) is 0 Å². The summed E-state index contributed by atoms with van der Waals surface area (Å²) in [6.45, 7) is 0. The average Bonchev–Trinajstić information content (AvgIpc) is 3.90. The summed E-state index contributed by atoms with van der Waals surface area (Å²) in [4.78, 5) is 2.39. The second-order valence-electron chi connectivity index (χ2n) is 15.7. The summed E-state index contributed by atoms with van der Waals surface area (Å²) in [5.41, 5.74) is 14.5.